The number of aromatic amines is 1. The van der Waals surface area contributed by atoms with Gasteiger partial charge in [0.15, 0.2) is 17.6 Å². The Morgan fingerprint density at radius 3 is 2.70 bits per heavy atom. The molecule has 1 aromatic heterocycles. The van der Waals surface area contributed by atoms with E-state index in [1.807, 2.05) is 43.3 Å². The van der Waals surface area contributed by atoms with Gasteiger partial charge in [-0.1, -0.05) is 12.1 Å². The smallest absolute Gasteiger partial charge is 0.347 e. The lowest BCUT2D eigenvalue weighted by molar-refractivity contribution is -0.150. The molecule has 1 heterocycles. The van der Waals surface area contributed by atoms with Crippen molar-refractivity contribution < 1.29 is 19.0 Å². The van der Waals surface area contributed by atoms with Crippen LogP contribution in [0.3, 0.4) is 0 Å². The Balaban J connectivity index is 1.97. The highest BCUT2D eigenvalue weighted by molar-refractivity contribution is 9.10. The number of rotatable bonds is 7. The van der Waals surface area contributed by atoms with E-state index in [1.54, 1.807) is 13.8 Å². The highest BCUT2D eigenvalue weighted by Crippen LogP contribution is 2.40. The Labute approximate surface area is 166 Å². The van der Waals surface area contributed by atoms with Gasteiger partial charge in [-0.05, 0) is 61.0 Å². The number of ether oxygens (including phenoxy) is 3. The summed E-state index contributed by atoms with van der Waals surface area (Å²) in [6.07, 6.45) is -0.752. The maximum atomic E-state index is 11.9. The molecule has 1 N–H and O–H groups in total. The number of esters is 1. The van der Waals surface area contributed by atoms with Crippen molar-refractivity contribution >= 4 is 32.9 Å². The lowest BCUT2D eigenvalue weighted by Gasteiger charge is -2.18. The molecule has 0 aliphatic rings. The minimum atomic E-state index is -0.752. The van der Waals surface area contributed by atoms with E-state index in [9.17, 15) is 4.79 Å². The molecule has 142 valence electrons. The number of nitrogens with zero attached hydrogens (tertiary/aromatic N) is 1. The van der Waals surface area contributed by atoms with Crippen LogP contribution < -0.4 is 9.47 Å². The maximum Gasteiger partial charge on any atom is 0.347 e. The monoisotopic (exact) mass is 432 g/mol. The van der Waals surface area contributed by atoms with Gasteiger partial charge in [-0.3, -0.25) is 0 Å². The Kier molecular flexibility index (Phi) is 6.01. The Hall–Kier alpha value is -2.54. The van der Waals surface area contributed by atoms with Crippen molar-refractivity contribution in [3.8, 4) is 22.9 Å². The lowest BCUT2D eigenvalue weighted by atomic mass is 10.2. The largest absolute Gasteiger partial charge is 0.490 e. The van der Waals surface area contributed by atoms with E-state index >= 15 is 0 Å². The van der Waals surface area contributed by atoms with Gasteiger partial charge in [0.1, 0.15) is 5.82 Å². The predicted molar refractivity (Wildman–Crippen MR) is 107 cm³/mol. The molecule has 27 heavy (non-hydrogen) atoms. The summed E-state index contributed by atoms with van der Waals surface area (Å²) in [5, 5.41) is 0. The van der Waals surface area contributed by atoms with Crippen LogP contribution in [0.1, 0.15) is 20.8 Å². The van der Waals surface area contributed by atoms with E-state index in [2.05, 4.69) is 25.9 Å². The van der Waals surface area contributed by atoms with Gasteiger partial charge in [-0.25, -0.2) is 9.78 Å². The number of para-hydroxylation sites is 2. The average Bonchev–Trinajstić information content (AvgIpc) is 3.08. The Bertz CT molecular complexity index is 921. The summed E-state index contributed by atoms with van der Waals surface area (Å²) in [5.74, 6) is 1.28. The zero-order valence-corrected chi connectivity index (χ0v) is 17.0. The molecule has 1 unspecified atom stereocenters. The summed E-state index contributed by atoms with van der Waals surface area (Å²) in [6.45, 7) is 6.05. The van der Waals surface area contributed by atoms with E-state index in [-0.39, 0.29) is 0 Å². The maximum absolute atomic E-state index is 11.9. The van der Waals surface area contributed by atoms with Crippen LogP contribution in [-0.2, 0) is 9.53 Å². The van der Waals surface area contributed by atoms with Crippen LogP contribution in [0, 0.1) is 0 Å². The van der Waals surface area contributed by atoms with Gasteiger partial charge in [0.2, 0.25) is 0 Å². The quantitative estimate of drug-likeness (QED) is 0.546. The molecule has 2 aromatic carbocycles. The van der Waals surface area contributed by atoms with Gasteiger partial charge >= 0.3 is 5.97 Å². The fraction of sp³-hybridized carbons (Fsp3) is 0.300. The second-order valence-corrected chi connectivity index (χ2v) is 6.69. The van der Waals surface area contributed by atoms with Gasteiger partial charge < -0.3 is 19.2 Å². The molecule has 1 atom stereocenters. The third-order valence-electron chi connectivity index (χ3n) is 3.89. The average molecular weight is 433 g/mol. The standard InChI is InChI=1S/C20H21BrN2O4/c1-4-25-17-11-13(19-22-15-8-6-7-9-16(15)23-19)10-14(21)18(17)27-12(3)20(24)26-5-2/h6-12H,4-5H2,1-3H3,(H,22,23). The third-order valence-corrected chi connectivity index (χ3v) is 4.47. The molecule has 6 nitrogen and oxygen atoms in total. The van der Waals surface area contributed by atoms with Crippen LogP contribution >= 0.6 is 15.9 Å². The van der Waals surface area contributed by atoms with Crippen molar-refractivity contribution in [2.45, 2.75) is 26.9 Å². The van der Waals surface area contributed by atoms with Crippen molar-refractivity contribution in [1.82, 2.24) is 9.97 Å². The molecule has 0 spiro atoms. The molecule has 0 aliphatic heterocycles. The van der Waals surface area contributed by atoms with Crippen LogP contribution in [0.15, 0.2) is 40.9 Å². The number of halogens is 1. The number of imidazole rings is 1. The summed E-state index contributed by atoms with van der Waals surface area (Å²) >= 11 is 3.53. The number of carbonyl (C=O) groups is 1. The van der Waals surface area contributed by atoms with E-state index in [1.165, 1.54) is 0 Å². The summed E-state index contributed by atoms with van der Waals surface area (Å²) in [5.41, 5.74) is 2.69. The lowest BCUT2D eigenvalue weighted by Crippen LogP contribution is -2.26. The molecule has 0 bridgehead atoms. The van der Waals surface area contributed by atoms with Crippen LogP contribution in [0.25, 0.3) is 22.4 Å². The van der Waals surface area contributed by atoms with Crippen molar-refractivity contribution in [3.05, 3.63) is 40.9 Å². The number of fused-ring (bicyclic) bond motifs is 1. The highest BCUT2D eigenvalue weighted by Gasteiger charge is 2.21. The second kappa shape index (κ2) is 8.43. The zero-order chi connectivity index (χ0) is 19.4. The normalized spacial score (nSPS) is 12.0. The first kappa shape index (κ1) is 19.2. The van der Waals surface area contributed by atoms with Gasteiger partial charge in [0.05, 0.1) is 28.7 Å². The third kappa shape index (κ3) is 4.24. The minimum absolute atomic E-state index is 0.303. The first-order valence-electron chi connectivity index (χ1n) is 8.78. The topological polar surface area (TPSA) is 73.4 Å². The van der Waals surface area contributed by atoms with Crippen LogP contribution in [0.2, 0.25) is 0 Å². The van der Waals surface area contributed by atoms with Gasteiger partial charge in [0, 0.05) is 5.56 Å². The summed E-state index contributed by atoms with van der Waals surface area (Å²) in [4.78, 5) is 19.8. The van der Waals surface area contributed by atoms with Crippen LogP contribution in [0.4, 0.5) is 0 Å². The highest BCUT2D eigenvalue weighted by atomic mass is 79.9. The van der Waals surface area contributed by atoms with Crippen LogP contribution in [0.5, 0.6) is 11.5 Å². The molecule has 0 saturated carbocycles. The molecule has 0 fully saturated rings. The molecule has 0 amide bonds. The molecule has 7 heteroatoms. The SMILES string of the molecule is CCOC(=O)C(C)Oc1c(Br)cc(-c2nc3ccccc3[nH]2)cc1OCC. The molecular formula is C20H21BrN2O4. The summed E-state index contributed by atoms with van der Waals surface area (Å²) in [7, 11) is 0. The van der Waals surface area contributed by atoms with E-state index < -0.39 is 12.1 Å². The summed E-state index contributed by atoms with van der Waals surface area (Å²) < 4.78 is 17.2. The van der Waals surface area contributed by atoms with Gasteiger partial charge in [-0.2, -0.15) is 0 Å². The fourth-order valence-electron chi connectivity index (χ4n) is 2.66. The molecule has 3 aromatic rings. The van der Waals surface area contributed by atoms with Crippen molar-refractivity contribution in [2.75, 3.05) is 13.2 Å². The number of nitrogens with one attached hydrogen (secondary N) is 1. The molecule has 3 rings (SSSR count). The number of hydrogen-bond acceptors (Lipinski definition) is 5. The number of aromatic nitrogens is 2. The van der Waals surface area contributed by atoms with Gasteiger partial charge in [0.25, 0.3) is 0 Å². The van der Waals surface area contributed by atoms with E-state index in [4.69, 9.17) is 14.2 Å². The zero-order valence-electron chi connectivity index (χ0n) is 15.4. The number of hydrogen-bond donors (Lipinski definition) is 1. The van der Waals surface area contributed by atoms with Crippen molar-refractivity contribution in [2.24, 2.45) is 0 Å². The number of benzene rings is 2. The predicted octanol–water partition coefficient (Wildman–Crippen LogP) is 4.72. The molecule has 0 radical (unpaired) electrons. The fourth-order valence-corrected chi connectivity index (χ4v) is 3.19. The Morgan fingerprint density at radius 2 is 2.00 bits per heavy atom. The first-order valence-corrected chi connectivity index (χ1v) is 9.57. The summed E-state index contributed by atoms with van der Waals surface area (Å²) in [6, 6.07) is 11.6. The Morgan fingerprint density at radius 1 is 1.22 bits per heavy atom. The molecular weight excluding hydrogens is 412 g/mol. The molecule has 0 aliphatic carbocycles. The van der Waals surface area contributed by atoms with Crippen molar-refractivity contribution in [1.29, 1.82) is 0 Å². The molecule has 0 saturated heterocycles. The van der Waals surface area contributed by atoms with E-state index in [0.717, 1.165) is 22.4 Å². The first-order chi connectivity index (χ1) is 13.0. The number of carbonyl (C=O) groups excluding carboxylic acids is 1. The second-order valence-electron chi connectivity index (χ2n) is 5.83. The number of H-pyrrole nitrogens is 1. The minimum Gasteiger partial charge on any atom is -0.490 e. The van der Waals surface area contributed by atoms with Crippen LogP contribution in [-0.4, -0.2) is 35.3 Å². The van der Waals surface area contributed by atoms with Crippen molar-refractivity contribution in [3.63, 3.8) is 0 Å². The van der Waals surface area contributed by atoms with E-state index in [0.29, 0.717) is 29.2 Å². The van der Waals surface area contributed by atoms with Gasteiger partial charge in [-0.15, -0.1) is 0 Å².